The molecule has 0 spiro atoms. The largest absolute Gasteiger partial charge is 0.444 e. The first-order valence-corrected chi connectivity index (χ1v) is 21.3. The number of aromatic amines is 1. The molecule has 1 saturated carbocycles. The second-order valence-electron chi connectivity index (χ2n) is 17.9. The molecule has 1 atom stereocenters. The number of H-pyrrole nitrogens is 1. The highest BCUT2D eigenvalue weighted by Gasteiger charge is 2.31. The normalized spacial score (nSPS) is 17.6. The molecule has 6 rings (SSSR count). The van der Waals surface area contributed by atoms with Crippen molar-refractivity contribution in [2.24, 2.45) is 11.8 Å². The summed E-state index contributed by atoms with van der Waals surface area (Å²) in [4.78, 5) is 64.0. The molecule has 16 heteroatoms. The Bertz CT molecular complexity index is 2150. The molecule has 4 aromatic rings. The standard InChI is InChI=1S/C45H58ClN9O6/c1-28-24-37(54-20-22-55(23-21-54)43(59)61-45(5,6)7)47-27-35(28)31-12-8-29(9-13-31)25-36(40(57)49-34-18-16-32(17-19-34)38-51-41(46)53-52-38)50-39(56)33-14-10-30(11-15-33)26-48-42(58)60-44(2,3)4/h8-9,12-13,16-19,24,27,30,33,36H,10-11,14-15,20-23,25-26H2,1-7H3,(H,48,58)(H,49,57)(H,50,56)(H,51,52,53)/t30-,33-,36-/m0/s1. The van der Waals surface area contributed by atoms with Crippen LogP contribution in [0.15, 0.2) is 60.8 Å². The second kappa shape index (κ2) is 19.3. The first-order valence-electron chi connectivity index (χ1n) is 20.9. The van der Waals surface area contributed by atoms with Crippen molar-refractivity contribution in [1.82, 2.24) is 35.7 Å². The van der Waals surface area contributed by atoms with E-state index in [4.69, 9.17) is 26.1 Å². The molecular formula is C45H58ClN9O6. The van der Waals surface area contributed by atoms with E-state index in [1.54, 1.807) is 29.2 Å². The van der Waals surface area contributed by atoms with Crippen molar-refractivity contribution in [3.05, 3.63) is 77.2 Å². The number of benzene rings is 2. The van der Waals surface area contributed by atoms with E-state index in [0.29, 0.717) is 57.1 Å². The number of nitrogens with zero attached hydrogens (tertiary/aromatic N) is 5. The topological polar surface area (TPSA) is 184 Å². The van der Waals surface area contributed by atoms with Crippen LogP contribution in [0.3, 0.4) is 0 Å². The Morgan fingerprint density at radius 3 is 2.08 bits per heavy atom. The van der Waals surface area contributed by atoms with E-state index in [9.17, 15) is 19.2 Å². The maximum Gasteiger partial charge on any atom is 0.410 e. The summed E-state index contributed by atoms with van der Waals surface area (Å²) in [6.45, 7) is 16.0. The van der Waals surface area contributed by atoms with Crippen LogP contribution in [0.2, 0.25) is 5.28 Å². The fourth-order valence-corrected chi connectivity index (χ4v) is 7.63. The predicted octanol–water partition coefficient (Wildman–Crippen LogP) is 7.55. The van der Waals surface area contributed by atoms with E-state index in [1.165, 1.54) is 0 Å². The Morgan fingerprint density at radius 1 is 0.852 bits per heavy atom. The Kier molecular flexibility index (Phi) is 14.2. The van der Waals surface area contributed by atoms with Gasteiger partial charge in [-0.05, 0) is 139 Å². The molecule has 61 heavy (non-hydrogen) atoms. The van der Waals surface area contributed by atoms with E-state index in [-0.39, 0.29) is 41.4 Å². The molecule has 0 radical (unpaired) electrons. The van der Waals surface area contributed by atoms with Gasteiger partial charge in [-0.2, -0.15) is 0 Å². The summed E-state index contributed by atoms with van der Waals surface area (Å²) in [6.07, 6.45) is 4.25. The Labute approximate surface area is 362 Å². The Balaban J connectivity index is 1.09. The SMILES string of the molecule is Cc1cc(N2CCN(C(=O)OC(C)(C)C)CC2)ncc1-c1ccc(C[C@H](NC(=O)[C@H]2CC[C@H](CNC(=O)OC(C)(C)C)CC2)C(=O)Nc2ccc(-c3nnc(Cl)[nH]3)cc2)cc1. The van der Waals surface area contributed by atoms with Crippen LogP contribution in [0.5, 0.6) is 0 Å². The van der Waals surface area contributed by atoms with Gasteiger partial charge in [0.2, 0.25) is 17.1 Å². The van der Waals surface area contributed by atoms with Gasteiger partial charge >= 0.3 is 12.2 Å². The molecule has 4 amide bonds. The average molecular weight is 856 g/mol. The van der Waals surface area contributed by atoms with E-state index in [1.807, 2.05) is 72.0 Å². The van der Waals surface area contributed by atoms with Crippen LogP contribution < -0.4 is 20.9 Å². The highest BCUT2D eigenvalue weighted by molar-refractivity contribution is 6.28. The molecule has 3 heterocycles. The number of hydrogen-bond donors (Lipinski definition) is 4. The first kappa shape index (κ1) is 44.8. The van der Waals surface area contributed by atoms with Crippen molar-refractivity contribution >= 4 is 47.1 Å². The van der Waals surface area contributed by atoms with Crippen molar-refractivity contribution in [2.75, 3.05) is 42.9 Å². The van der Waals surface area contributed by atoms with Gasteiger partial charge in [-0.25, -0.2) is 14.6 Å². The van der Waals surface area contributed by atoms with Gasteiger partial charge in [-0.15, -0.1) is 10.2 Å². The molecule has 1 saturated heterocycles. The number of anilines is 2. The van der Waals surface area contributed by atoms with E-state index in [0.717, 1.165) is 46.5 Å². The van der Waals surface area contributed by atoms with Crippen molar-refractivity contribution in [3.63, 3.8) is 0 Å². The van der Waals surface area contributed by atoms with Gasteiger partial charge in [0.1, 0.15) is 23.1 Å². The third-order valence-electron chi connectivity index (χ3n) is 10.7. The van der Waals surface area contributed by atoms with Gasteiger partial charge in [0.15, 0.2) is 5.82 Å². The van der Waals surface area contributed by atoms with Crippen LogP contribution in [0, 0.1) is 18.8 Å². The highest BCUT2D eigenvalue weighted by Crippen LogP contribution is 2.30. The van der Waals surface area contributed by atoms with Crippen LogP contribution >= 0.6 is 11.6 Å². The number of halogens is 1. The summed E-state index contributed by atoms with van der Waals surface area (Å²) in [6, 6.07) is 16.3. The van der Waals surface area contributed by atoms with Gasteiger partial charge in [0, 0.05) is 68.1 Å². The van der Waals surface area contributed by atoms with E-state index >= 15 is 0 Å². The fourth-order valence-electron chi connectivity index (χ4n) is 7.50. The van der Waals surface area contributed by atoms with Crippen LogP contribution in [0.1, 0.15) is 78.4 Å². The number of piperazine rings is 1. The quantitative estimate of drug-likeness (QED) is 0.118. The molecule has 4 N–H and O–H groups in total. The van der Waals surface area contributed by atoms with Crippen LogP contribution in [0.25, 0.3) is 22.5 Å². The Morgan fingerprint density at radius 2 is 1.49 bits per heavy atom. The fraction of sp³-hybridized carbons (Fsp3) is 0.489. The summed E-state index contributed by atoms with van der Waals surface area (Å²) in [5, 5.41) is 16.9. The minimum absolute atomic E-state index is 0.166. The predicted molar refractivity (Wildman–Crippen MR) is 235 cm³/mol. The molecule has 2 aromatic heterocycles. The molecule has 2 aromatic carbocycles. The number of amides is 4. The first-order chi connectivity index (χ1) is 28.9. The van der Waals surface area contributed by atoms with Crippen molar-refractivity contribution < 1.29 is 28.7 Å². The van der Waals surface area contributed by atoms with E-state index in [2.05, 4.69) is 49.0 Å². The number of pyridine rings is 1. The zero-order valence-electron chi connectivity index (χ0n) is 36.1. The number of rotatable bonds is 11. The summed E-state index contributed by atoms with van der Waals surface area (Å²) >= 11 is 5.91. The molecule has 326 valence electrons. The number of aromatic nitrogens is 4. The average Bonchev–Trinajstić information content (AvgIpc) is 3.65. The van der Waals surface area contributed by atoms with E-state index < -0.39 is 23.3 Å². The minimum Gasteiger partial charge on any atom is -0.444 e. The molecule has 1 aliphatic carbocycles. The maximum absolute atomic E-state index is 13.9. The lowest BCUT2D eigenvalue weighted by molar-refractivity contribution is -0.130. The van der Waals surface area contributed by atoms with Crippen LogP contribution in [0.4, 0.5) is 21.1 Å². The van der Waals surface area contributed by atoms with Gasteiger partial charge in [0.25, 0.3) is 0 Å². The smallest absolute Gasteiger partial charge is 0.410 e. The molecule has 0 unspecified atom stereocenters. The van der Waals surface area contributed by atoms with Gasteiger partial charge < -0.3 is 40.2 Å². The van der Waals surface area contributed by atoms with Gasteiger partial charge in [-0.3, -0.25) is 9.59 Å². The lowest BCUT2D eigenvalue weighted by Gasteiger charge is -2.36. The van der Waals surface area contributed by atoms with Gasteiger partial charge in [-0.1, -0.05) is 24.3 Å². The van der Waals surface area contributed by atoms with Crippen LogP contribution in [-0.4, -0.2) is 99.0 Å². The minimum atomic E-state index is -0.851. The summed E-state index contributed by atoms with van der Waals surface area (Å²) in [5.74, 6) is 0.835. The number of alkyl carbamates (subject to hydrolysis) is 1. The van der Waals surface area contributed by atoms with Crippen molar-refractivity contribution in [2.45, 2.75) is 97.8 Å². The third-order valence-corrected chi connectivity index (χ3v) is 10.9. The summed E-state index contributed by atoms with van der Waals surface area (Å²) < 4.78 is 10.9. The lowest BCUT2D eigenvalue weighted by atomic mass is 9.81. The zero-order chi connectivity index (χ0) is 43.9. The number of carbonyl (C=O) groups excluding carboxylic acids is 4. The molecule has 15 nitrogen and oxygen atoms in total. The number of hydrogen-bond acceptors (Lipinski definition) is 10. The van der Waals surface area contributed by atoms with Crippen molar-refractivity contribution in [1.29, 1.82) is 0 Å². The molecule has 2 fully saturated rings. The number of aryl methyl sites for hydroxylation is 1. The number of ether oxygens (including phenoxy) is 2. The molecular weight excluding hydrogens is 798 g/mol. The third kappa shape index (κ3) is 12.9. The molecule has 1 aliphatic heterocycles. The number of nitrogens with one attached hydrogen (secondary N) is 4. The summed E-state index contributed by atoms with van der Waals surface area (Å²) in [5.41, 5.74) is 4.09. The summed E-state index contributed by atoms with van der Waals surface area (Å²) in [7, 11) is 0. The monoisotopic (exact) mass is 855 g/mol. The van der Waals surface area contributed by atoms with Crippen molar-refractivity contribution in [3.8, 4) is 22.5 Å². The molecule has 0 bridgehead atoms. The van der Waals surface area contributed by atoms with Crippen LogP contribution in [-0.2, 0) is 25.5 Å². The highest BCUT2D eigenvalue weighted by atomic mass is 35.5. The zero-order valence-corrected chi connectivity index (χ0v) is 36.9. The maximum atomic E-state index is 13.9. The number of carbonyl (C=O) groups is 4. The molecule has 2 aliphatic rings. The lowest BCUT2D eigenvalue weighted by Crippen LogP contribution is -2.50. The Hall–Kier alpha value is -5.70. The van der Waals surface area contributed by atoms with Gasteiger partial charge in [0.05, 0.1) is 0 Å². The second-order valence-corrected chi connectivity index (χ2v) is 18.3.